The summed E-state index contributed by atoms with van der Waals surface area (Å²) in [5.74, 6) is 0.537. The molecule has 0 aromatic carbocycles. The molecule has 0 radical (unpaired) electrons. The Bertz CT molecular complexity index is 438. The molecule has 0 bridgehead atoms. The molecule has 20 heavy (non-hydrogen) atoms. The van der Waals surface area contributed by atoms with Crippen LogP contribution in [0.2, 0.25) is 0 Å². The van der Waals surface area contributed by atoms with Crippen molar-refractivity contribution in [1.82, 2.24) is 5.32 Å². The van der Waals surface area contributed by atoms with E-state index in [2.05, 4.69) is 19.2 Å². The van der Waals surface area contributed by atoms with Crippen LogP contribution in [0.15, 0.2) is 6.07 Å². The normalized spacial score (nSPS) is 11.4. The number of ether oxygens (including phenoxy) is 1. The molecule has 0 unspecified atom stereocenters. The van der Waals surface area contributed by atoms with Crippen molar-refractivity contribution in [3.63, 3.8) is 0 Å². The maximum absolute atomic E-state index is 12.3. The number of aliphatic hydroxyl groups excluding tert-OH is 1. The van der Waals surface area contributed by atoms with Gasteiger partial charge in [0.1, 0.15) is 10.6 Å². The molecule has 0 spiro atoms. The molecule has 1 heterocycles. The molecule has 0 saturated carbocycles. The quantitative estimate of drug-likeness (QED) is 0.776. The van der Waals surface area contributed by atoms with Crippen LogP contribution in [0, 0.1) is 12.3 Å². The highest BCUT2D eigenvalue weighted by atomic mass is 32.1. The van der Waals surface area contributed by atoms with Crippen molar-refractivity contribution in [2.75, 3.05) is 20.3 Å². The van der Waals surface area contributed by atoms with Gasteiger partial charge >= 0.3 is 0 Å². The van der Waals surface area contributed by atoms with Crippen LogP contribution in [0.25, 0.3) is 0 Å². The van der Waals surface area contributed by atoms with Gasteiger partial charge in [-0.3, -0.25) is 4.79 Å². The topological polar surface area (TPSA) is 58.6 Å². The summed E-state index contributed by atoms with van der Waals surface area (Å²) in [5.41, 5.74) is -0.0239. The van der Waals surface area contributed by atoms with Crippen molar-refractivity contribution < 1.29 is 14.6 Å². The Hall–Kier alpha value is -1.07. The molecule has 0 atom stereocenters. The lowest BCUT2D eigenvalue weighted by Crippen LogP contribution is -2.37. The lowest BCUT2D eigenvalue weighted by atomic mass is 9.79. The zero-order valence-electron chi connectivity index (χ0n) is 12.8. The van der Waals surface area contributed by atoms with Crippen LogP contribution >= 0.6 is 11.3 Å². The number of aliphatic hydroxyl groups is 1. The Kier molecular flexibility index (Phi) is 6.49. The van der Waals surface area contributed by atoms with Crippen molar-refractivity contribution in [3.05, 3.63) is 15.8 Å². The molecular weight excluding hydrogens is 274 g/mol. The summed E-state index contributed by atoms with van der Waals surface area (Å²) >= 11 is 1.44. The molecule has 1 aromatic rings. The maximum Gasteiger partial charge on any atom is 0.265 e. The summed E-state index contributed by atoms with van der Waals surface area (Å²) in [4.78, 5) is 14.0. The number of rotatable bonds is 8. The van der Waals surface area contributed by atoms with Crippen molar-refractivity contribution in [2.45, 2.75) is 40.0 Å². The molecule has 0 saturated heterocycles. The Balaban J connectivity index is 2.74. The first-order valence-corrected chi connectivity index (χ1v) is 7.87. The van der Waals surface area contributed by atoms with E-state index in [-0.39, 0.29) is 17.9 Å². The molecular formula is C15H25NO3S. The summed E-state index contributed by atoms with van der Waals surface area (Å²) in [7, 11) is 1.58. The minimum Gasteiger partial charge on any atom is -0.495 e. The van der Waals surface area contributed by atoms with Gasteiger partial charge in [0.15, 0.2) is 0 Å². The third-order valence-electron chi connectivity index (χ3n) is 4.01. The smallest absolute Gasteiger partial charge is 0.265 e. The van der Waals surface area contributed by atoms with Crippen LogP contribution in [0.3, 0.4) is 0 Å². The van der Waals surface area contributed by atoms with E-state index in [0.717, 1.165) is 17.7 Å². The average molecular weight is 299 g/mol. The van der Waals surface area contributed by atoms with Gasteiger partial charge in [0.05, 0.1) is 7.11 Å². The minimum atomic E-state index is -0.0934. The first kappa shape index (κ1) is 17.0. The third-order valence-corrected chi connectivity index (χ3v) is 5.04. The number of hydrogen-bond acceptors (Lipinski definition) is 4. The highest BCUT2D eigenvalue weighted by Crippen LogP contribution is 2.31. The van der Waals surface area contributed by atoms with Gasteiger partial charge in [0, 0.05) is 18.0 Å². The number of methoxy groups -OCH3 is 1. The fourth-order valence-electron chi connectivity index (χ4n) is 2.33. The number of aryl methyl sites for hydroxylation is 1. The second kappa shape index (κ2) is 7.64. The Morgan fingerprint density at radius 3 is 2.60 bits per heavy atom. The first-order valence-electron chi connectivity index (χ1n) is 7.05. The SMILES string of the molecule is CCC(CC)(CCO)CNC(=O)c1sc(C)cc1OC. The Labute approximate surface area is 125 Å². The van der Waals surface area contributed by atoms with Crippen molar-refractivity contribution >= 4 is 17.2 Å². The van der Waals surface area contributed by atoms with Gasteiger partial charge < -0.3 is 15.2 Å². The number of carbonyl (C=O) groups excluding carboxylic acids is 1. The van der Waals surface area contributed by atoms with Crippen LogP contribution < -0.4 is 10.1 Å². The van der Waals surface area contributed by atoms with E-state index >= 15 is 0 Å². The lowest BCUT2D eigenvalue weighted by Gasteiger charge is -2.31. The Morgan fingerprint density at radius 1 is 1.45 bits per heavy atom. The van der Waals surface area contributed by atoms with E-state index < -0.39 is 0 Å². The van der Waals surface area contributed by atoms with Gasteiger partial charge in [-0.25, -0.2) is 0 Å². The van der Waals surface area contributed by atoms with Gasteiger partial charge in [-0.1, -0.05) is 13.8 Å². The highest BCUT2D eigenvalue weighted by Gasteiger charge is 2.27. The van der Waals surface area contributed by atoms with Gasteiger partial charge in [-0.05, 0) is 37.7 Å². The molecule has 2 N–H and O–H groups in total. The molecule has 1 rings (SSSR count). The summed E-state index contributed by atoms with van der Waals surface area (Å²) in [6, 6.07) is 1.88. The predicted octanol–water partition coefficient (Wildman–Crippen LogP) is 2.98. The molecule has 114 valence electrons. The second-order valence-electron chi connectivity index (χ2n) is 5.12. The van der Waals surface area contributed by atoms with Crippen LogP contribution in [-0.4, -0.2) is 31.3 Å². The zero-order valence-corrected chi connectivity index (χ0v) is 13.6. The Morgan fingerprint density at radius 2 is 2.10 bits per heavy atom. The van der Waals surface area contributed by atoms with E-state index in [1.165, 1.54) is 11.3 Å². The predicted molar refractivity (Wildman–Crippen MR) is 82.7 cm³/mol. The van der Waals surface area contributed by atoms with E-state index in [0.29, 0.717) is 23.6 Å². The molecule has 0 aliphatic rings. The molecule has 1 aromatic heterocycles. The van der Waals surface area contributed by atoms with Crippen LogP contribution in [0.4, 0.5) is 0 Å². The van der Waals surface area contributed by atoms with Crippen LogP contribution in [-0.2, 0) is 0 Å². The zero-order chi connectivity index (χ0) is 15.2. The average Bonchev–Trinajstić information content (AvgIpc) is 2.84. The molecule has 0 aliphatic heterocycles. The number of hydrogen-bond donors (Lipinski definition) is 2. The van der Waals surface area contributed by atoms with Crippen LogP contribution in [0.1, 0.15) is 47.7 Å². The summed E-state index contributed by atoms with van der Waals surface area (Å²) in [6.45, 7) is 6.89. The van der Waals surface area contributed by atoms with E-state index in [1.807, 2.05) is 13.0 Å². The summed E-state index contributed by atoms with van der Waals surface area (Å²) in [6.07, 6.45) is 2.58. The molecule has 0 aliphatic carbocycles. The van der Waals surface area contributed by atoms with Crippen LogP contribution in [0.5, 0.6) is 5.75 Å². The first-order chi connectivity index (χ1) is 9.51. The number of carbonyl (C=O) groups is 1. The number of amides is 1. The van der Waals surface area contributed by atoms with E-state index in [4.69, 9.17) is 4.74 Å². The van der Waals surface area contributed by atoms with E-state index in [1.54, 1.807) is 7.11 Å². The number of nitrogens with one attached hydrogen (secondary N) is 1. The monoisotopic (exact) mass is 299 g/mol. The van der Waals surface area contributed by atoms with Crippen molar-refractivity contribution in [1.29, 1.82) is 0 Å². The van der Waals surface area contributed by atoms with Gasteiger partial charge in [0.25, 0.3) is 5.91 Å². The molecule has 5 heteroatoms. The largest absolute Gasteiger partial charge is 0.495 e. The fourth-order valence-corrected chi connectivity index (χ4v) is 3.22. The minimum absolute atomic E-state index is 0.0239. The molecule has 4 nitrogen and oxygen atoms in total. The van der Waals surface area contributed by atoms with Crippen molar-refractivity contribution in [3.8, 4) is 5.75 Å². The molecule has 0 fully saturated rings. The fraction of sp³-hybridized carbons (Fsp3) is 0.667. The van der Waals surface area contributed by atoms with Gasteiger partial charge in [-0.15, -0.1) is 11.3 Å². The maximum atomic E-state index is 12.3. The van der Waals surface area contributed by atoms with Gasteiger partial charge in [0.2, 0.25) is 0 Å². The second-order valence-corrected chi connectivity index (χ2v) is 6.37. The summed E-state index contributed by atoms with van der Waals surface area (Å²) < 4.78 is 5.23. The van der Waals surface area contributed by atoms with Gasteiger partial charge in [-0.2, -0.15) is 0 Å². The highest BCUT2D eigenvalue weighted by molar-refractivity contribution is 7.14. The third kappa shape index (κ3) is 3.96. The van der Waals surface area contributed by atoms with Crippen molar-refractivity contribution in [2.24, 2.45) is 5.41 Å². The lowest BCUT2D eigenvalue weighted by molar-refractivity contribution is 0.0908. The molecule has 1 amide bonds. The number of thiophene rings is 1. The summed E-state index contributed by atoms with van der Waals surface area (Å²) in [5, 5.41) is 12.2. The standard InChI is InChI=1S/C15H25NO3S/c1-5-15(6-2,7-8-17)10-16-14(18)13-12(19-4)9-11(3)20-13/h9,17H,5-8,10H2,1-4H3,(H,16,18). The van der Waals surface area contributed by atoms with E-state index in [9.17, 15) is 9.90 Å².